The minimum absolute atomic E-state index is 0.0483. The molecule has 19 heavy (non-hydrogen) atoms. The number of aromatic nitrogens is 2. The normalized spacial score (nSPS) is 10.2. The van der Waals surface area contributed by atoms with E-state index < -0.39 is 4.92 Å². The summed E-state index contributed by atoms with van der Waals surface area (Å²) in [5.41, 5.74) is 0.302. The Bertz CT molecular complexity index is 604. The summed E-state index contributed by atoms with van der Waals surface area (Å²) in [4.78, 5) is 19.8. The van der Waals surface area contributed by atoms with Crippen LogP contribution in [0.2, 0.25) is 0 Å². The van der Waals surface area contributed by atoms with Gasteiger partial charge in [-0.3, -0.25) is 10.1 Å². The highest BCUT2D eigenvalue weighted by Crippen LogP contribution is 2.35. The summed E-state index contributed by atoms with van der Waals surface area (Å²) in [6.07, 6.45) is 0. The van der Waals surface area contributed by atoms with Crippen LogP contribution in [0.1, 0.15) is 5.69 Å². The van der Waals surface area contributed by atoms with E-state index >= 15 is 0 Å². The summed E-state index contributed by atoms with van der Waals surface area (Å²) in [6, 6.07) is 9.40. The predicted octanol–water partition coefficient (Wildman–Crippen LogP) is 2.89. The summed E-state index contributed by atoms with van der Waals surface area (Å²) in [5, 5.41) is 14.3. The average Bonchev–Trinajstić information content (AvgIpc) is 2.38. The van der Waals surface area contributed by atoms with Gasteiger partial charge in [0.05, 0.1) is 4.92 Å². The van der Waals surface area contributed by atoms with Crippen molar-refractivity contribution >= 4 is 23.4 Å². The Morgan fingerprint density at radius 2 is 1.95 bits per heavy atom. The van der Waals surface area contributed by atoms with Crippen LogP contribution in [0.4, 0.5) is 11.6 Å². The molecule has 0 unspecified atom stereocenters. The SMILES string of the molecule is CNc1nc(C)c([N+](=O)[O-])c(Sc2ccccc2)n1. The van der Waals surface area contributed by atoms with Gasteiger partial charge in [0.1, 0.15) is 5.69 Å². The van der Waals surface area contributed by atoms with E-state index in [2.05, 4.69) is 15.3 Å². The van der Waals surface area contributed by atoms with Gasteiger partial charge in [-0.1, -0.05) is 30.0 Å². The summed E-state index contributed by atoms with van der Waals surface area (Å²) in [7, 11) is 1.68. The molecule has 0 amide bonds. The second-order valence-electron chi connectivity index (χ2n) is 3.71. The van der Waals surface area contributed by atoms with Crippen LogP contribution in [0.5, 0.6) is 0 Å². The van der Waals surface area contributed by atoms with Gasteiger partial charge >= 0.3 is 5.69 Å². The molecule has 0 aliphatic rings. The molecule has 0 spiro atoms. The molecule has 98 valence electrons. The fraction of sp³-hybridized carbons (Fsp3) is 0.167. The lowest BCUT2D eigenvalue weighted by molar-refractivity contribution is -0.389. The number of nitro groups is 1. The molecule has 7 heteroatoms. The zero-order valence-corrected chi connectivity index (χ0v) is 11.3. The van der Waals surface area contributed by atoms with Crippen LogP contribution < -0.4 is 5.32 Å². The molecule has 2 rings (SSSR count). The van der Waals surface area contributed by atoms with E-state index in [1.807, 2.05) is 30.3 Å². The van der Waals surface area contributed by atoms with E-state index in [9.17, 15) is 10.1 Å². The Hall–Kier alpha value is -2.15. The third-order valence-corrected chi connectivity index (χ3v) is 3.38. The van der Waals surface area contributed by atoms with E-state index in [0.29, 0.717) is 16.7 Å². The molecule has 1 aromatic heterocycles. The molecule has 0 saturated carbocycles. The molecule has 1 heterocycles. The molecule has 2 aromatic rings. The minimum Gasteiger partial charge on any atom is -0.357 e. The highest BCUT2D eigenvalue weighted by molar-refractivity contribution is 7.99. The summed E-state index contributed by atoms with van der Waals surface area (Å²) < 4.78 is 0. The molecular formula is C12H12N4O2S. The first-order valence-electron chi connectivity index (χ1n) is 5.55. The van der Waals surface area contributed by atoms with E-state index in [1.165, 1.54) is 11.8 Å². The van der Waals surface area contributed by atoms with Crippen molar-refractivity contribution in [3.8, 4) is 0 Å². The van der Waals surface area contributed by atoms with Crippen LogP contribution in [0.15, 0.2) is 40.3 Å². The molecule has 0 atom stereocenters. The first-order valence-corrected chi connectivity index (χ1v) is 6.37. The maximum absolute atomic E-state index is 11.1. The summed E-state index contributed by atoms with van der Waals surface area (Å²) >= 11 is 1.25. The quantitative estimate of drug-likeness (QED) is 0.525. The van der Waals surface area contributed by atoms with Crippen molar-refractivity contribution in [3.63, 3.8) is 0 Å². The van der Waals surface area contributed by atoms with Gasteiger partial charge in [0.2, 0.25) is 5.95 Å². The van der Waals surface area contributed by atoms with Crippen molar-refractivity contribution in [1.29, 1.82) is 0 Å². The molecule has 0 bridgehead atoms. The number of hydrogen-bond donors (Lipinski definition) is 1. The fourth-order valence-corrected chi connectivity index (χ4v) is 2.50. The predicted molar refractivity (Wildman–Crippen MR) is 73.5 cm³/mol. The molecule has 0 fully saturated rings. The Morgan fingerprint density at radius 1 is 1.26 bits per heavy atom. The molecule has 1 N–H and O–H groups in total. The largest absolute Gasteiger partial charge is 0.357 e. The van der Waals surface area contributed by atoms with Crippen LogP contribution in [0, 0.1) is 17.0 Å². The standard InChI is InChI=1S/C12H12N4O2S/c1-8-10(16(17)18)11(15-12(13-2)14-8)19-9-6-4-3-5-7-9/h3-7H,1-2H3,(H,13,14,15). The highest BCUT2D eigenvalue weighted by atomic mass is 32.2. The Morgan fingerprint density at radius 3 is 2.53 bits per heavy atom. The number of rotatable bonds is 4. The van der Waals surface area contributed by atoms with Gasteiger partial charge in [-0.05, 0) is 19.1 Å². The third-order valence-electron chi connectivity index (χ3n) is 2.39. The van der Waals surface area contributed by atoms with Crippen LogP contribution in [0.25, 0.3) is 0 Å². The fourth-order valence-electron chi connectivity index (χ4n) is 1.53. The zero-order valence-electron chi connectivity index (χ0n) is 10.5. The van der Waals surface area contributed by atoms with Gasteiger partial charge in [-0.25, -0.2) is 4.98 Å². The molecule has 0 aliphatic heterocycles. The Balaban J connectivity index is 2.48. The van der Waals surface area contributed by atoms with Crippen molar-refractivity contribution in [1.82, 2.24) is 9.97 Å². The van der Waals surface area contributed by atoms with Gasteiger partial charge in [0.15, 0.2) is 5.03 Å². The van der Waals surface area contributed by atoms with Crippen LogP contribution >= 0.6 is 11.8 Å². The molecule has 6 nitrogen and oxygen atoms in total. The number of hydrogen-bond acceptors (Lipinski definition) is 6. The first-order chi connectivity index (χ1) is 9.11. The molecule has 0 saturated heterocycles. The highest BCUT2D eigenvalue weighted by Gasteiger charge is 2.22. The molecular weight excluding hydrogens is 264 g/mol. The number of anilines is 1. The van der Waals surface area contributed by atoms with Gasteiger partial charge < -0.3 is 5.32 Å². The topological polar surface area (TPSA) is 81.0 Å². The summed E-state index contributed by atoms with van der Waals surface area (Å²) in [6.45, 7) is 1.61. The van der Waals surface area contributed by atoms with Crippen molar-refractivity contribution < 1.29 is 4.92 Å². The van der Waals surface area contributed by atoms with Crippen molar-refractivity contribution in [3.05, 3.63) is 46.1 Å². The van der Waals surface area contributed by atoms with Gasteiger partial charge in [-0.15, -0.1) is 0 Å². The van der Waals surface area contributed by atoms with Crippen LogP contribution in [-0.2, 0) is 0 Å². The van der Waals surface area contributed by atoms with Gasteiger partial charge in [0, 0.05) is 11.9 Å². The number of aryl methyl sites for hydroxylation is 1. The zero-order chi connectivity index (χ0) is 13.8. The van der Waals surface area contributed by atoms with E-state index in [-0.39, 0.29) is 5.69 Å². The van der Waals surface area contributed by atoms with E-state index in [4.69, 9.17) is 0 Å². The molecule has 0 aliphatic carbocycles. The lowest BCUT2D eigenvalue weighted by atomic mass is 10.4. The Kier molecular flexibility index (Phi) is 3.96. The van der Waals surface area contributed by atoms with Crippen molar-refractivity contribution in [2.24, 2.45) is 0 Å². The maximum Gasteiger partial charge on any atom is 0.322 e. The first kappa shape index (κ1) is 13.3. The van der Waals surface area contributed by atoms with Gasteiger partial charge in [0.25, 0.3) is 0 Å². The lowest BCUT2D eigenvalue weighted by Crippen LogP contribution is -2.04. The average molecular weight is 276 g/mol. The third kappa shape index (κ3) is 3.00. The second kappa shape index (κ2) is 5.66. The van der Waals surface area contributed by atoms with E-state index in [0.717, 1.165) is 4.90 Å². The number of nitrogens with one attached hydrogen (secondary N) is 1. The van der Waals surface area contributed by atoms with Gasteiger partial charge in [-0.2, -0.15) is 4.98 Å². The maximum atomic E-state index is 11.1. The van der Waals surface area contributed by atoms with Crippen molar-refractivity contribution in [2.45, 2.75) is 16.8 Å². The molecule has 0 radical (unpaired) electrons. The summed E-state index contributed by atoms with van der Waals surface area (Å²) in [5.74, 6) is 0.376. The monoisotopic (exact) mass is 276 g/mol. The second-order valence-corrected chi connectivity index (χ2v) is 4.77. The van der Waals surface area contributed by atoms with E-state index in [1.54, 1.807) is 14.0 Å². The Labute approximate surface area is 114 Å². The lowest BCUT2D eigenvalue weighted by Gasteiger charge is -2.06. The number of benzene rings is 1. The minimum atomic E-state index is -0.444. The van der Waals surface area contributed by atoms with Crippen LogP contribution in [-0.4, -0.2) is 21.9 Å². The number of nitrogens with zero attached hydrogens (tertiary/aromatic N) is 3. The van der Waals surface area contributed by atoms with Crippen LogP contribution in [0.3, 0.4) is 0 Å². The van der Waals surface area contributed by atoms with Crippen molar-refractivity contribution in [2.75, 3.05) is 12.4 Å². The molecule has 1 aromatic carbocycles. The smallest absolute Gasteiger partial charge is 0.322 e.